The maximum Gasteiger partial charge on any atom is 0.326 e. The monoisotopic (exact) mass is 248 g/mol. The molecule has 0 aromatic carbocycles. The van der Waals surface area contributed by atoms with Crippen LogP contribution in [0.25, 0.3) is 0 Å². The lowest BCUT2D eigenvalue weighted by Crippen LogP contribution is -2.52. The number of carboxylic acid groups (broad SMARTS) is 1. The van der Waals surface area contributed by atoms with Gasteiger partial charge in [0.15, 0.2) is 0 Å². The molecule has 0 aliphatic heterocycles. The van der Waals surface area contributed by atoms with Crippen molar-refractivity contribution in [3.63, 3.8) is 0 Å². The molecule has 0 fully saturated rings. The molecule has 0 heterocycles. The van der Waals surface area contributed by atoms with Gasteiger partial charge in [-0.1, -0.05) is 13.8 Å². The van der Waals surface area contributed by atoms with Crippen molar-refractivity contribution in [1.29, 1.82) is 0 Å². The number of nitrogens with one attached hydrogen (secondary N) is 1. The molecule has 0 radical (unpaired) electrons. The van der Waals surface area contributed by atoms with Gasteiger partial charge in [0.05, 0.1) is 12.6 Å². The van der Waals surface area contributed by atoms with Gasteiger partial charge in [0.25, 0.3) is 5.91 Å². The van der Waals surface area contributed by atoms with Crippen LogP contribution < -0.4 is 11.1 Å². The van der Waals surface area contributed by atoms with E-state index < -0.39 is 36.7 Å². The molecule has 0 rings (SSSR count). The standard InChI is InChI=1S/C10H20N2O5/c1-5(2)3-7(10(16)17)12-9(15)8(14)6(11)4-13/h5-8,13-14H,3-4,11H2,1-2H3,(H,12,15)(H,16,17)/t6?,7?,8-/m0/s1. The molecule has 0 aromatic rings. The van der Waals surface area contributed by atoms with E-state index in [9.17, 15) is 14.7 Å². The number of carbonyl (C=O) groups excluding carboxylic acids is 1. The van der Waals surface area contributed by atoms with Crippen LogP contribution in [0.4, 0.5) is 0 Å². The summed E-state index contributed by atoms with van der Waals surface area (Å²) < 4.78 is 0. The molecule has 0 aliphatic carbocycles. The summed E-state index contributed by atoms with van der Waals surface area (Å²) in [6.45, 7) is 3.08. The van der Waals surface area contributed by atoms with Crippen molar-refractivity contribution in [2.75, 3.05) is 6.61 Å². The maximum atomic E-state index is 11.4. The minimum Gasteiger partial charge on any atom is -0.480 e. The van der Waals surface area contributed by atoms with Crippen LogP contribution >= 0.6 is 0 Å². The van der Waals surface area contributed by atoms with Gasteiger partial charge in [-0.2, -0.15) is 0 Å². The lowest BCUT2D eigenvalue weighted by atomic mass is 10.0. The summed E-state index contributed by atoms with van der Waals surface area (Å²) in [5, 5.41) is 29.1. The number of rotatable bonds is 7. The first kappa shape index (κ1) is 15.8. The molecule has 0 bridgehead atoms. The number of hydrogen-bond donors (Lipinski definition) is 5. The number of aliphatic hydroxyl groups is 2. The smallest absolute Gasteiger partial charge is 0.326 e. The molecule has 7 heteroatoms. The second-order valence-corrected chi connectivity index (χ2v) is 4.32. The van der Waals surface area contributed by atoms with Gasteiger partial charge in [-0.25, -0.2) is 4.79 Å². The Labute approximate surface area is 99.6 Å². The van der Waals surface area contributed by atoms with E-state index in [1.54, 1.807) is 0 Å². The minimum absolute atomic E-state index is 0.0834. The highest BCUT2D eigenvalue weighted by atomic mass is 16.4. The fraction of sp³-hybridized carbons (Fsp3) is 0.800. The third-order valence-corrected chi connectivity index (χ3v) is 2.21. The summed E-state index contributed by atoms with van der Waals surface area (Å²) in [4.78, 5) is 22.3. The zero-order valence-corrected chi connectivity index (χ0v) is 9.96. The molecule has 7 nitrogen and oxygen atoms in total. The van der Waals surface area contributed by atoms with Gasteiger partial charge in [0.2, 0.25) is 0 Å². The molecular weight excluding hydrogens is 228 g/mol. The highest BCUT2D eigenvalue weighted by Crippen LogP contribution is 2.05. The average molecular weight is 248 g/mol. The zero-order chi connectivity index (χ0) is 13.6. The molecule has 0 spiro atoms. The Balaban J connectivity index is 4.45. The van der Waals surface area contributed by atoms with Gasteiger partial charge in [-0.15, -0.1) is 0 Å². The summed E-state index contributed by atoms with van der Waals surface area (Å²) >= 11 is 0. The van der Waals surface area contributed by atoms with Gasteiger partial charge in [-0.3, -0.25) is 4.79 Å². The Bertz CT molecular complexity index is 269. The summed E-state index contributed by atoms with van der Waals surface area (Å²) in [6.07, 6.45) is -1.36. The summed E-state index contributed by atoms with van der Waals surface area (Å²) in [5.41, 5.74) is 5.26. The Kier molecular flexibility index (Phi) is 6.71. The minimum atomic E-state index is -1.62. The van der Waals surface area contributed by atoms with E-state index in [-0.39, 0.29) is 12.3 Å². The van der Waals surface area contributed by atoms with Crippen LogP contribution in [-0.2, 0) is 9.59 Å². The predicted octanol–water partition coefficient (Wildman–Crippen LogP) is -1.72. The molecule has 0 saturated carbocycles. The van der Waals surface area contributed by atoms with Crippen molar-refractivity contribution in [1.82, 2.24) is 5.32 Å². The molecule has 0 aliphatic rings. The van der Waals surface area contributed by atoms with Crippen molar-refractivity contribution in [2.24, 2.45) is 11.7 Å². The molecule has 17 heavy (non-hydrogen) atoms. The molecule has 0 saturated heterocycles. The third kappa shape index (κ3) is 5.62. The Hall–Kier alpha value is -1.18. The molecular formula is C10H20N2O5. The number of carbonyl (C=O) groups is 2. The normalized spacial score (nSPS) is 16.4. The molecule has 2 unspecified atom stereocenters. The average Bonchev–Trinajstić information content (AvgIpc) is 2.25. The number of nitrogens with two attached hydrogens (primary N) is 1. The van der Waals surface area contributed by atoms with E-state index in [1.807, 2.05) is 13.8 Å². The van der Waals surface area contributed by atoms with Crippen LogP contribution in [0.15, 0.2) is 0 Å². The molecule has 0 aromatic heterocycles. The number of aliphatic hydroxyl groups excluding tert-OH is 2. The Morgan fingerprint density at radius 2 is 1.88 bits per heavy atom. The van der Waals surface area contributed by atoms with Crippen LogP contribution in [-0.4, -0.2) is 52.0 Å². The summed E-state index contributed by atoms with van der Waals surface area (Å²) in [7, 11) is 0. The Morgan fingerprint density at radius 3 is 2.24 bits per heavy atom. The quantitative estimate of drug-likeness (QED) is 0.364. The van der Waals surface area contributed by atoms with Gasteiger partial charge in [-0.05, 0) is 12.3 Å². The number of aliphatic carboxylic acids is 1. The molecule has 3 atom stereocenters. The number of amides is 1. The van der Waals surface area contributed by atoms with E-state index in [0.29, 0.717) is 0 Å². The van der Waals surface area contributed by atoms with E-state index in [0.717, 1.165) is 0 Å². The van der Waals surface area contributed by atoms with Gasteiger partial charge in [0, 0.05) is 0 Å². The van der Waals surface area contributed by atoms with Gasteiger partial charge < -0.3 is 26.4 Å². The fourth-order valence-corrected chi connectivity index (χ4v) is 1.24. The number of hydrogen-bond acceptors (Lipinski definition) is 5. The topological polar surface area (TPSA) is 133 Å². The van der Waals surface area contributed by atoms with Crippen molar-refractivity contribution >= 4 is 11.9 Å². The third-order valence-electron chi connectivity index (χ3n) is 2.21. The predicted molar refractivity (Wildman–Crippen MR) is 60.1 cm³/mol. The van der Waals surface area contributed by atoms with E-state index in [2.05, 4.69) is 5.32 Å². The first-order valence-electron chi connectivity index (χ1n) is 5.37. The SMILES string of the molecule is CC(C)CC(NC(=O)[C@@H](O)C(N)CO)C(=O)O. The van der Waals surface area contributed by atoms with Crippen molar-refractivity contribution in [3.05, 3.63) is 0 Å². The van der Waals surface area contributed by atoms with E-state index >= 15 is 0 Å². The van der Waals surface area contributed by atoms with Gasteiger partial charge >= 0.3 is 5.97 Å². The second kappa shape index (κ2) is 7.21. The lowest BCUT2D eigenvalue weighted by molar-refractivity contribution is -0.144. The van der Waals surface area contributed by atoms with Crippen LogP contribution in [0.3, 0.4) is 0 Å². The van der Waals surface area contributed by atoms with Crippen LogP contribution in [0.1, 0.15) is 20.3 Å². The Morgan fingerprint density at radius 1 is 1.35 bits per heavy atom. The molecule has 100 valence electrons. The fourth-order valence-electron chi connectivity index (χ4n) is 1.24. The lowest BCUT2D eigenvalue weighted by Gasteiger charge is -2.20. The molecule has 6 N–H and O–H groups in total. The largest absolute Gasteiger partial charge is 0.480 e. The first-order valence-corrected chi connectivity index (χ1v) is 5.37. The zero-order valence-electron chi connectivity index (χ0n) is 9.96. The van der Waals surface area contributed by atoms with Crippen molar-refractivity contribution < 1.29 is 24.9 Å². The molecule has 1 amide bonds. The van der Waals surface area contributed by atoms with Crippen LogP contribution in [0, 0.1) is 5.92 Å². The van der Waals surface area contributed by atoms with E-state index in [1.165, 1.54) is 0 Å². The number of carboxylic acids is 1. The highest BCUT2D eigenvalue weighted by molar-refractivity contribution is 5.86. The summed E-state index contributed by atoms with van der Waals surface area (Å²) in [5.74, 6) is -1.98. The highest BCUT2D eigenvalue weighted by Gasteiger charge is 2.27. The van der Waals surface area contributed by atoms with Crippen LogP contribution in [0.5, 0.6) is 0 Å². The summed E-state index contributed by atoms with van der Waals surface area (Å²) in [6, 6.07) is -2.19. The van der Waals surface area contributed by atoms with E-state index in [4.69, 9.17) is 15.9 Å². The van der Waals surface area contributed by atoms with Crippen molar-refractivity contribution in [2.45, 2.75) is 38.5 Å². The maximum absolute atomic E-state index is 11.4. The first-order chi connectivity index (χ1) is 7.79. The van der Waals surface area contributed by atoms with Gasteiger partial charge in [0.1, 0.15) is 12.1 Å². The second-order valence-electron chi connectivity index (χ2n) is 4.32. The van der Waals surface area contributed by atoms with Crippen molar-refractivity contribution in [3.8, 4) is 0 Å². The van der Waals surface area contributed by atoms with Crippen LogP contribution in [0.2, 0.25) is 0 Å².